The predicted octanol–water partition coefficient (Wildman–Crippen LogP) is 4.83. The molecule has 1 saturated heterocycles. The highest BCUT2D eigenvalue weighted by atomic mass is 16.5. The van der Waals surface area contributed by atoms with E-state index >= 15 is 0 Å². The highest BCUT2D eigenvalue weighted by Gasteiger charge is 2.43. The Hall–Kier alpha value is -4.63. The highest BCUT2D eigenvalue weighted by Crippen LogP contribution is 2.47. The molecule has 7 heterocycles. The van der Waals surface area contributed by atoms with Gasteiger partial charge < -0.3 is 29.9 Å². The number of aromatic nitrogens is 10. The Morgan fingerprint density at radius 1 is 0.875 bits per heavy atom. The van der Waals surface area contributed by atoms with Crippen LogP contribution in [0.2, 0.25) is 0 Å². The molecule has 48 heavy (non-hydrogen) atoms. The maximum atomic E-state index is 10.0. The number of amides is 1. The van der Waals surface area contributed by atoms with Gasteiger partial charge in [0.15, 0.2) is 22.6 Å². The van der Waals surface area contributed by atoms with Crippen LogP contribution in [0, 0.1) is 11.8 Å². The van der Waals surface area contributed by atoms with Gasteiger partial charge in [-0.15, -0.1) is 20.4 Å². The number of fused-ring (bicyclic) bond motifs is 6. The number of carboxylic acid groups (broad SMARTS) is 1. The van der Waals surface area contributed by atoms with Crippen molar-refractivity contribution in [3.63, 3.8) is 0 Å². The lowest BCUT2D eigenvalue weighted by Crippen LogP contribution is -2.59. The molecule has 1 aliphatic heterocycles. The monoisotopic (exact) mass is 655 g/mol. The normalized spacial score (nSPS) is 26.6. The highest BCUT2D eigenvalue weighted by molar-refractivity contribution is 5.75. The quantitative estimate of drug-likeness (QED) is 0.186. The van der Waals surface area contributed by atoms with Crippen molar-refractivity contribution >= 4 is 39.7 Å². The van der Waals surface area contributed by atoms with Gasteiger partial charge in [-0.25, -0.2) is 14.8 Å². The number of hydrogen-bond donors (Lipinski definition) is 4. The first kappa shape index (κ1) is 30.7. The summed E-state index contributed by atoms with van der Waals surface area (Å²) < 4.78 is 16.1. The van der Waals surface area contributed by atoms with Gasteiger partial charge in [0.05, 0.1) is 54.4 Å². The number of nitrogens with zero attached hydrogens (tertiary/aromatic N) is 8. The van der Waals surface area contributed by atoms with Crippen LogP contribution in [-0.2, 0) is 9.47 Å². The number of H-pyrrole nitrogens is 2. The summed E-state index contributed by atoms with van der Waals surface area (Å²) in [5, 5.41) is 28.9. The van der Waals surface area contributed by atoms with Crippen molar-refractivity contribution in [1.82, 2.24) is 54.4 Å². The lowest BCUT2D eigenvalue weighted by atomic mass is 9.93. The molecule has 9 rings (SSSR count). The van der Waals surface area contributed by atoms with Crippen LogP contribution in [0.3, 0.4) is 0 Å². The maximum absolute atomic E-state index is 10.0. The van der Waals surface area contributed by atoms with E-state index in [9.17, 15) is 4.79 Å². The van der Waals surface area contributed by atoms with Gasteiger partial charge >= 0.3 is 6.09 Å². The van der Waals surface area contributed by atoms with Gasteiger partial charge in [0.25, 0.3) is 0 Å². The molecule has 252 valence electrons. The number of carbonyl (C=O) groups is 1. The molecule has 15 nitrogen and oxygen atoms in total. The van der Waals surface area contributed by atoms with Gasteiger partial charge in [-0.1, -0.05) is 26.7 Å². The van der Waals surface area contributed by atoms with E-state index in [1.165, 1.54) is 0 Å². The van der Waals surface area contributed by atoms with Crippen molar-refractivity contribution in [3.05, 3.63) is 48.6 Å². The molecule has 6 atom stereocenters. The SMILES string of the molecule is CC1(NC(=O)O)COC1.CC[C@@H]1C[C@H](O[C@H]2C[C@@H](CC)[C@@H](c3nnc4cnc5[nH]ccc5n34)C2)C[C@@H]1c1nnc2cnc3[nH]ccc3n12. The molecular weight excluding hydrogens is 614 g/mol. The minimum atomic E-state index is -0.985. The van der Waals surface area contributed by atoms with E-state index in [-0.39, 0.29) is 17.7 Å². The van der Waals surface area contributed by atoms with E-state index in [0.29, 0.717) is 36.9 Å². The van der Waals surface area contributed by atoms with Crippen LogP contribution in [0.5, 0.6) is 0 Å². The number of hydrogen-bond acceptors (Lipinski definition) is 9. The first-order valence-electron chi connectivity index (χ1n) is 16.9. The van der Waals surface area contributed by atoms with Crippen LogP contribution in [0.4, 0.5) is 4.79 Å². The average molecular weight is 656 g/mol. The molecule has 2 aliphatic carbocycles. The molecule has 1 amide bonds. The molecular formula is C33H41N11O4. The predicted molar refractivity (Wildman–Crippen MR) is 176 cm³/mol. The second-order valence-corrected chi connectivity index (χ2v) is 13.8. The first-order valence-corrected chi connectivity index (χ1v) is 16.9. The van der Waals surface area contributed by atoms with E-state index in [1.807, 2.05) is 19.3 Å². The zero-order chi connectivity index (χ0) is 33.0. The van der Waals surface area contributed by atoms with Crippen molar-refractivity contribution in [2.24, 2.45) is 11.8 Å². The largest absolute Gasteiger partial charge is 0.465 e. The van der Waals surface area contributed by atoms with Gasteiger partial charge in [0.2, 0.25) is 0 Å². The maximum Gasteiger partial charge on any atom is 0.405 e. The second-order valence-electron chi connectivity index (χ2n) is 13.8. The second kappa shape index (κ2) is 12.1. The molecule has 0 bridgehead atoms. The summed E-state index contributed by atoms with van der Waals surface area (Å²) in [5.41, 5.74) is 5.05. The molecule has 6 aromatic heterocycles. The number of aromatic amines is 2. The van der Waals surface area contributed by atoms with Gasteiger partial charge in [-0.2, -0.15) is 0 Å². The average Bonchev–Trinajstić information content (AvgIpc) is 3.90. The zero-order valence-corrected chi connectivity index (χ0v) is 27.3. The smallest absolute Gasteiger partial charge is 0.405 e. The van der Waals surface area contributed by atoms with Crippen LogP contribution in [-0.4, -0.2) is 91.3 Å². The fourth-order valence-corrected chi connectivity index (χ4v) is 8.19. The van der Waals surface area contributed by atoms with Crippen molar-refractivity contribution in [2.75, 3.05) is 13.2 Å². The Kier molecular flexibility index (Phi) is 7.74. The van der Waals surface area contributed by atoms with E-state index in [1.54, 1.807) is 12.4 Å². The van der Waals surface area contributed by atoms with Gasteiger partial charge in [0, 0.05) is 24.2 Å². The minimum absolute atomic E-state index is 0.216. The summed E-state index contributed by atoms with van der Waals surface area (Å²) in [6.07, 6.45) is 13.1. The molecule has 0 aromatic carbocycles. The summed E-state index contributed by atoms with van der Waals surface area (Å²) in [6.45, 7) is 7.34. The van der Waals surface area contributed by atoms with Crippen molar-refractivity contribution < 1.29 is 19.4 Å². The Morgan fingerprint density at radius 3 is 1.77 bits per heavy atom. The van der Waals surface area contributed by atoms with E-state index in [4.69, 9.17) is 14.6 Å². The summed E-state index contributed by atoms with van der Waals surface area (Å²) in [5.74, 6) is 3.71. The topological polar surface area (TPSA) is 186 Å². The van der Waals surface area contributed by atoms with Crippen LogP contribution in [0.15, 0.2) is 36.9 Å². The summed E-state index contributed by atoms with van der Waals surface area (Å²) in [6, 6.07) is 4.11. The zero-order valence-electron chi connectivity index (χ0n) is 27.3. The Morgan fingerprint density at radius 2 is 1.38 bits per heavy atom. The van der Waals surface area contributed by atoms with E-state index in [2.05, 4.69) is 80.4 Å². The van der Waals surface area contributed by atoms with Crippen LogP contribution >= 0.6 is 0 Å². The van der Waals surface area contributed by atoms with Gasteiger partial charge in [-0.3, -0.25) is 8.80 Å². The third kappa shape index (κ3) is 5.34. The lowest BCUT2D eigenvalue weighted by molar-refractivity contribution is -0.0601. The standard InChI is InChI=1S/C28H32N10O.C5H9NO3/c1-3-15-9-17(11-19(15)27-35-33-23-13-31-25-21(37(23)27)5-7-29-25)39-18-10-16(4-2)20(12-18)28-36-34-24-14-32-26-22(38(24)28)6-8-30-26;1-5(2-9-3-5)6-4(7)8/h5-8,13-20,29-30H,3-4,9-12H2,1-2H3;6H,2-3H2,1H3,(H,7,8)/t15-,16-,17+,18+,19+,20+;/m1./s1. The fraction of sp³-hybridized carbons (Fsp3) is 0.545. The van der Waals surface area contributed by atoms with Crippen molar-refractivity contribution in [3.8, 4) is 0 Å². The van der Waals surface area contributed by atoms with E-state index in [0.717, 1.165) is 83.8 Å². The van der Waals surface area contributed by atoms with Gasteiger partial charge in [0.1, 0.15) is 11.6 Å². The number of ether oxygens (including phenoxy) is 2. The molecule has 2 saturated carbocycles. The minimum Gasteiger partial charge on any atom is -0.465 e. The Balaban J connectivity index is 0.000000326. The third-order valence-corrected chi connectivity index (χ3v) is 10.6. The van der Waals surface area contributed by atoms with Crippen LogP contribution in [0.25, 0.3) is 33.6 Å². The molecule has 0 spiro atoms. The third-order valence-electron chi connectivity index (χ3n) is 10.6. The summed E-state index contributed by atoms with van der Waals surface area (Å²) in [4.78, 5) is 25.5. The Bertz CT molecular complexity index is 1950. The van der Waals surface area contributed by atoms with E-state index < -0.39 is 6.09 Å². The summed E-state index contributed by atoms with van der Waals surface area (Å²) in [7, 11) is 0. The molecule has 3 aliphatic rings. The fourth-order valence-electron chi connectivity index (χ4n) is 8.19. The number of nitrogens with one attached hydrogen (secondary N) is 3. The van der Waals surface area contributed by atoms with Crippen LogP contribution < -0.4 is 5.32 Å². The molecule has 0 unspecified atom stereocenters. The Labute approximate surface area is 275 Å². The van der Waals surface area contributed by atoms with Crippen molar-refractivity contribution in [1.29, 1.82) is 0 Å². The lowest BCUT2D eigenvalue weighted by Gasteiger charge is -2.37. The van der Waals surface area contributed by atoms with Crippen molar-refractivity contribution in [2.45, 2.75) is 88.9 Å². The molecule has 4 N–H and O–H groups in total. The first-order chi connectivity index (χ1) is 23.3. The number of rotatable bonds is 7. The molecule has 0 radical (unpaired) electrons. The molecule has 3 fully saturated rings. The molecule has 6 aromatic rings. The molecule has 15 heteroatoms. The summed E-state index contributed by atoms with van der Waals surface area (Å²) >= 11 is 0. The van der Waals surface area contributed by atoms with Gasteiger partial charge in [-0.05, 0) is 56.6 Å². The van der Waals surface area contributed by atoms with Crippen LogP contribution in [0.1, 0.15) is 82.8 Å².